The molecule has 4 N–H and O–H groups in total. The van der Waals surface area contributed by atoms with E-state index in [1.165, 1.54) is 29.1 Å². The molecule has 0 aliphatic carbocycles. The molecule has 1 aromatic carbocycles. The molecular weight excluding hydrogens is 327 g/mol. The van der Waals surface area contributed by atoms with Gasteiger partial charge in [-0.15, -0.1) is 0 Å². The summed E-state index contributed by atoms with van der Waals surface area (Å²) in [4.78, 5) is 22.6. The standard InChI is InChI=1S/C14H14ClFN4O3/c15-8-1-2-9(10(16)7-8)13(22)14(23)18-12-4-6-20(19-12)5-3-11(17)21/h1-2,4,6-7,13,22H,3,5H2,(H2,17,21)(H,18,19,23). The zero-order valence-electron chi connectivity index (χ0n) is 11.9. The minimum Gasteiger partial charge on any atom is -0.378 e. The molecule has 2 aromatic rings. The smallest absolute Gasteiger partial charge is 0.259 e. The SMILES string of the molecule is NC(=O)CCn1ccc(NC(=O)C(O)c2ccc(Cl)cc2F)n1. The van der Waals surface area contributed by atoms with Gasteiger partial charge >= 0.3 is 0 Å². The van der Waals surface area contributed by atoms with Crippen molar-refractivity contribution in [3.63, 3.8) is 0 Å². The van der Waals surface area contributed by atoms with Crippen LogP contribution in [0.3, 0.4) is 0 Å². The lowest BCUT2D eigenvalue weighted by Gasteiger charge is -2.11. The summed E-state index contributed by atoms with van der Waals surface area (Å²) in [5.74, 6) is -1.94. The first kappa shape index (κ1) is 16.9. The van der Waals surface area contributed by atoms with Gasteiger partial charge in [0.25, 0.3) is 5.91 Å². The number of hydrogen-bond donors (Lipinski definition) is 3. The minimum absolute atomic E-state index is 0.105. The van der Waals surface area contributed by atoms with Crippen molar-refractivity contribution in [1.82, 2.24) is 9.78 Å². The fourth-order valence-corrected chi connectivity index (χ4v) is 2.00. The van der Waals surface area contributed by atoms with E-state index in [1.807, 2.05) is 0 Å². The van der Waals surface area contributed by atoms with E-state index in [0.717, 1.165) is 6.07 Å². The van der Waals surface area contributed by atoms with Crippen molar-refractivity contribution >= 4 is 29.2 Å². The Balaban J connectivity index is 2.02. The summed E-state index contributed by atoms with van der Waals surface area (Å²) in [5, 5.41) is 16.4. The number of nitrogens with zero attached hydrogens (tertiary/aromatic N) is 2. The van der Waals surface area contributed by atoms with Crippen LogP contribution < -0.4 is 11.1 Å². The Morgan fingerprint density at radius 1 is 1.43 bits per heavy atom. The number of anilines is 1. The first-order valence-corrected chi connectivity index (χ1v) is 7.00. The van der Waals surface area contributed by atoms with Crippen LogP contribution in [0.1, 0.15) is 18.1 Å². The number of rotatable bonds is 6. The van der Waals surface area contributed by atoms with Crippen LogP contribution in [0.25, 0.3) is 0 Å². The van der Waals surface area contributed by atoms with Crippen molar-refractivity contribution in [2.45, 2.75) is 19.1 Å². The second-order valence-corrected chi connectivity index (χ2v) is 5.17. The van der Waals surface area contributed by atoms with Crippen molar-refractivity contribution in [1.29, 1.82) is 0 Å². The maximum Gasteiger partial charge on any atom is 0.259 e. The number of carbonyl (C=O) groups is 2. The number of aliphatic hydroxyl groups is 1. The summed E-state index contributed by atoms with van der Waals surface area (Å²) >= 11 is 5.62. The van der Waals surface area contributed by atoms with E-state index in [-0.39, 0.29) is 29.4 Å². The van der Waals surface area contributed by atoms with Gasteiger partial charge in [-0.2, -0.15) is 5.10 Å². The zero-order valence-corrected chi connectivity index (χ0v) is 12.6. The number of primary amides is 1. The van der Waals surface area contributed by atoms with Crippen molar-refractivity contribution in [3.05, 3.63) is 46.9 Å². The Bertz CT molecular complexity index is 735. The average Bonchev–Trinajstić information content (AvgIpc) is 2.92. The van der Waals surface area contributed by atoms with Gasteiger partial charge in [0.2, 0.25) is 5.91 Å². The predicted molar refractivity (Wildman–Crippen MR) is 81.0 cm³/mol. The van der Waals surface area contributed by atoms with E-state index in [4.69, 9.17) is 17.3 Å². The molecule has 2 rings (SSSR count). The van der Waals surface area contributed by atoms with Crippen LogP contribution in [0.2, 0.25) is 5.02 Å². The Kier molecular flexibility index (Phi) is 5.30. The predicted octanol–water partition coefficient (Wildman–Crippen LogP) is 1.22. The summed E-state index contributed by atoms with van der Waals surface area (Å²) in [7, 11) is 0. The summed E-state index contributed by atoms with van der Waals surface area (Å²) in [6.45, 7) is 0.263. The molecule has 1 unspecified atom stereocenters. The summed E-state index contributed by atoms with van der Waals surface area (Å²) in [6, 6.07) is 5.08. The molecule has 23 heavy (non-hydrogen) atoms. The normalized spacial score (nSPS) is 12.0. The second kappa shape index (κ2) is 7.21. The number of halogens is 2. The molecule has 0 aliphatic heterocycles. The summed E-state index contributed by atoms with van der Waals surface area (Å²) in [5.41, 5.74) is 4.83. The highest BCUT2D eigenvalue weighted by Crippen LogP contribution is 2.21. The van der Waals surface area contributed by atoms with Gasteiger partial charge in [0.1, 0.15) is 5.82 Å². The zero-order chi connectivity index (χ0) is 17.0. The molecule has 0 fully saturated rings. The van der Waals surface area contributed by atoms with Crippen LogP contribution in [-0.2, 0) is 16.1 Å². The number of benzene rings is 1. The minimum atomic E-state index is -1.71. The van der Waals surface area contributed by atoms with Gasteiger partial charge < -0.3 is 16.2 Å². The third-order valence-corrected chi connectivity index (χ3v) is 3.22. The summed E-state index contributed by atoms with van der Waals surface area (Å²) in [6.07, 6.45) is -0.0652. The number of aromatic nitrogens is 2. The third kappa shape index (κ3) is 4.51. The van der Waals surface area contributed by atoms with Gasteiger partial charge in [0, 0.05) is 35.8 Å². The maximum atomic E-state index is 13.7. The van der Waals surface area contributed by atoms with E-state index >= 15 is 0 Å². The number of nitrogens with two attached hydrogens (primary N) is 1. The van der Waals surface area contributed by atoms with Gasteiger partial charge in [-0.3, -0.25) is 14.3 Å². The number of aryl methyl sites for hydroxylation is 1. The van der Waals surface area contributed by atoms with E-state index < -0.39 is 23.7 Å². The van der Waals surface area contributed by atoms with E-state index in [9.17, 15) is 19.1 Å². The molecule has 1 atom stereocenters. The Morgan fingerprint density at radius 2 is 2.17 bits per heavy atom. The average molecular weight is 341 g/mol. The van der Waals surface area contributed by atoms with E-state index in [1.54, 1.807) is 0 Å². The fraction of sp³-hybridized carbons (Fsp3) is 0.214. The van der Waals surface area contributed by atoms with Gasteiger partial charge in [0.05, 0.1) is 0 Å². The lowest BCUT2D eigenvalue weighted by atomic mass is 10.1. The van der Waals surface area contributed by atoms with Crippen LogP contribution in [0.5, 0.6) is 0 Å². The topological polar surface area (TPSA) is 110 Å². The molecular formula is C14H14ClFN4O3. The van der Waals surface area contributed by atoms with E-state index in [2.05, 4.69) is 10.4 Å². The molecule has 7 nitrogen and oxygen atoms in total. The quantitative estimate of drug-likeness (QED) is 0.734. The maximum absolute atomic E-state index is 13.7. The van der Waals surface area contributed by atoms with Gasteiger partial charge in [0.15, 0.2) is 11.9 Å². The highest BCUT2D eigenvalue weighted by Gasteiger charge is 2.21. The molecule has 0 aliphatic rings. The first-order valence-electron chi connectivity index (χ1n) is 6.62. The van der Waals surface area contributed by atoms with Gasteiger partial charge in [-0.05, 0) is 12.1 Å². The highest BCUT2D eigenvalue weighted by atomic mass is 35.5. The Morgan fingerprint density at radius 3 is 2.83 bits per heavy atom. The van der Waals surface area contributed by atoms with Crippen molar-refractivity contribution in [2.24, 2.45) is 5.73 Å². The molecule has 0 radical (unpaired) electrons. The van der Waals surface area contributed by atoms with Crippen LogP contribution in [0.4, 0.5) is 10.2 Å². The molecule has 1 heterocycles. The number of amides is 2. The Hall–Kier alpha value is -2.45. The van der Waals surface area contributed by atoms with Crippen LogP contribution in [0, 0.1) is 5.82 Å². The Labute approximate surface area is 135 Å². The fourth-order valence-electron chi connectivity index (χ4n) is 1.84. The number of aliphatic hydroxyl groups excluding tert-OH is 1. The number of hydrogen-bond acceptors (Lipinski definition) is 4. The number of carbonyl (C=O) groups excluding carboxylic acids is 2. The van der Waals surface area contributed by atoms with Crippen molar-refractivity contribution in [2.75, 3.05) is 5.32 Å². The highest BCUT2D eigenvalue weighted by molar-refractivity contribution is 6.30. The molecule has 1 aromatic heterocycles. The van der Waals surface area contributed by atoms with Gasteiger partial charge in [-0.25, -0.2) is 4.39 Å². The molecule has 0 saturated heterocycles. The molecule has 122 valence electrons. The van der Waals surface area contributed by atoms with Crippen molar-refractivity contribution < 1.29 is 19.1 Å². The lowest BCUT2D eigenvalue weighted by molar-refractivity contribution is -0.124. The molecule has 0 bridgehead atoms. The van der Waals surface area contributed by atoms with Crippen LogP contribution in [-0.4, -0.2) is 26.7 Å². The largest absolute Gasteiger partial charge is 0.378 e. The molecule has 2 amide bonds. The molecule has 0 saturated carbocycles. The lowest BCUT2D eigenvalue weighted by Crippen LogP contribution is -2.22. The number of nitrogens with one attached hydrogen (secondary N) is 1. The van der Waals surface area contributed by atoms with Crippen LogP contribution >= 0.6 is 11.6 Å². The first-order chi connectivity index (χ1) is 10.9. The van der Waals surface area contributed by atoms with Crippen LogP contribution in [0.15, 0.2) is 30.5 Å². The second-order valence-electron chi connectivity index (χ2n) is 4.74. The summed E-state index contributed by atoms with van der Waals surface area (Å²) < 4.78 is 15.1. The van der Waals surface area contributed by atoms with Gasteiger partial charge in [-0.1, -0.05) is 17.7 Å². The van der Waals surface area contributed by atoms with E-state index in [0.29, 0.717) is 0 Å². The van der Waals surface area contributed by atoms with Crippen molar-refractivity contribution in [3.8, 4) is 0 Å². The molecule has 0 spiro atoms. The molecule has 9 heteroatoms. The monoisotopic (exact) mass is 340 g/mol. The third-order valence-electron chi connectivity index (χ3n) is 2.98.